The lowest BCUT2D eigenvalue weighted by Crippen LogP contribution is -2.35. The van der Waals surface area contributed by atoms with E-state index in [4.69, 9.17) is 0 Å². The molecule has 1 saturated carbocycles. The van der Waals surface area contributed by atoms with Gasteiger partial charge in [0.05, 0.1) is 0 Å². The highest BCUT2D eigenvalue weighted by atomic mass is 15.1. The molecule has 0 bridgehead atoms. The third-order valence-corrected chi connectivity index (χ3v) is 3.42. The largest absolute Gasteiger partial charge is 0.310 e. The van der Waals surface area contributed by atoms with Crippen LogP contribution in [0.25, 0.3) is 0 Å². The van der Waals surface area contributed by atoms with Gasteiger partial charge in [0.2, 0.25) is 0 Å². The van der Waals surface area contributed by atoms with Crippen LogP contribution >= 0.6 is 0 Å². The van der Waals surface area contributed by atoms with Gasteiger partial charge in [-0.25, -0.2) is 0 Å². The molecule has 2 heteroatoms. The first-order valence-corrected chi connectivity index (χ1v) is 7.27. The molecule has 1 aliphatic rings. The minimum Gasteiger partial charge on any atom is -0.310 e. The predicted octanol–water partition coefficient (Wildman–Crippen LogP) is 3.20. The number of nitrogens with zero attached hydrogens (tertiary/aromatic N) is 1. The molecule has 0 spiro atoms. The van der Waals surface area contributed by atoms with Crippen molar-refractivity contribution in [2.45, 2.75) is 65.0 Å². The molecule has 1 fully saturated rings. The summed E-state index contributed by atoms with van der Waals surface area (Å²) < 4.78 is 0. The van der Waals surface area contributed by atoms with E-state index in [1.807, 2.05) is 0 Å². The molecule has 0 aromatic carbocycles. The summed E-state index contributed by atoms with van der Waals surface area (Å²) in [6, 6.07) is 1.42. The molecular weight excluding hydrogens is 208 g/mol. The number of unbranched alkanes of at least 4 members (excludes halogenated alkanes) is 2. The van der Waals surface area contributed by atoms with Crippen molar-refractivity contribution in [3.8, 4) is 0 Å². The van der Waals surface area contributed by atoms with Crippen molar-refractivity contribution in [3.63, 3.8) is 0 Å². The Morgan fingerprint density at radius 3 is 2.59 bits per heavy atom. The second-order valence-electron chi connectivity index (χ2n) is 5.68. The van der Waals surface area contributed by atoms with Crippen LogP contribution in [0.3, 0.4) is 0 Å². The van der Waals surface area contributed by atoms with E-state index in [-0.39, 0.29) is 0 Å². The van der Waals surface area contributed by atoms with Gasteiger partial charge in [-0.1, -0.05) is 26.3 Å². The van der Waals surface area contributed by atoms with Gasteiger partial charge in [0, 0.05) is 25.2 Å². The second kappa shape index (κ2) is 7.88. The van der Waals surface area contributed by atoms with Crippen LogP contribution in [-0.2, 0) is 0 Å². The zero-order valence-corrected chi connectivity index (χ0v) is 12.0. The molecule has 0 aliphatic heterocycles. The molecule has 0 atom stereocenters. The summed E-state index contributed by atoms with van der Waals surface area (Å²) in [4.78, 5) is 2.55. The maximum Gasteiger partial charge on any atom is 0.0205 e. The Labute approximate surface area is 107 Å². The Balaban J connectivity index is 2.18. The molecule has 1 rings (SSSR count). The van der Waals surface area contributed by atoms with Gasteiger partial charge >= 0.3 is 0 Å². The summed E-state index contributed by atoms with van der Waals surface area (Å²) in [6.07, 6.45) is 6.68. The second-order valence-corrected chi connectivity index (χ2v) is 5.68. The van der Waals surface area contributed by atoms with E-state index in [0.29, 0.717) is 6.04 Å². The van der Waals surface area contributed by atoms with Gasteiger partial charge in [0.25, 0.3) is 0 Å². The Hall–Kier alpha value is -0.340. The molecule has 0 unspecified atom stereocenters. The lowest BCUT2D eigenvalue weighted by molar-refractivity contribution is 0.234. The van der Waals surface area contributed by atoms with Crippen molar-refractivity contribution in [2.24, 2.45) is 0 Å². The number of nitrogens with one attached hydrogen (secondary N) is 1. The first-order chi connectivity index (χ1) is 8.13. The van der Waals surface area contributed by atoms with Gasteiger partial charge in [-0.2, -0.15) is 0 Å². The van der Waals surface area contributed by atoms with Crippen molar-refractivity contribution < 1.29 is 0 Å². The van der Waals surface area contributed by atoms with Crippen LogP contribution in [-0.4, -0.2) is 36.6 Å². The van der Waals surface area contributed by atoms with Gasteiger partial charge in [-0.3, -0.25) is 4.90 Å². The minimum absolute atomic E-state index is 0.629. The molecule has 0 amide bonds. The van der Waals surface area contributed by atoms with Gasteiger partial charge in [0.1, 0.15) is 0 Å². The molecule has 0 saturated heterocycles. The van der Waals surface area contributed by atoms with Gasteiger partial charge in [0.15, 0.2) is 0 Å². The number of hydrogen-bond acceptors (Lipinski definition) is 2. The normalized spacial score (nSPS) is 15.8. The van der Waals surface area contributed by atoms with Crippen molar-refractivity contribution in [1.29, 1.82) is 0 Å². The van der Waals surface area contributed by atoms with Crippen molar-refractivity contribution in [2.75, 3.05) is 19.6 Å². The number of hydrogen-bond donors (Lipinski definition) is 1. The highest BCUT2D eigenvalue weighted by molar-refractivity contribution is 5.02. The number of rotatable bonds is 10. The lowest BCUT2D eigenvalue weighted by Gasteiger charge is -2.27. The predicted molar refractivity (Wildman–Crippen MR) is 76.4 cm³/mol. The van der Waals surface area contributed by atoms with E-state index in [1.54, 1.807) is 0 Å². The van der Waals surface area contributed by atoms with Gasteiger partial charge in [-0.05, 0) is 45.2 Å². The fourth-order valence-electron chi connectivity index (χ4n) is 2.00. The SMILES string of the molecule is C=C(CNC1CC1)CN(CCCCC)C(C)C. The molecule has 0 aromatic heterocycles. The molecule has 0 heterocycles. The third kappa shape index (κ3) is 6.85. The topological polar surface area (TPSA) is 15.3 Å². The van der Waals surface area contributed by atoms with E-state index in [2.05, 4.69) is 37.6 Å². The molecule has 0 aromatic rings. The zero-order valence-electron chi connectivity index (χ0n) is 12.0. The van der Waals surface area contributed by atoms with Crippen LogP contribution in [0.1, 0.15) is 52.9 Å². The van der Waals surface area contributed by atoms with Crippen LogP contribution in [0.5, 0.6) is 0 Å². The molecular formula is C15H30N2. The fourth-order valence-corrected chi connectivity index (χ4v) is 2.00. The Kier molecular flexibility index (Phi) is 6.83. The van der Waals surface area contributed by atoms with Crippen LogP contribution in [0, 0.1) is 0 Å². The lowest BCUT2D eigenvalue weighted by atomic mass is 10.2. The zero-order chi connectivity index (χ0) is 12.7. The molecule has 2 nitrogen and oxygen atoms in total. The van der Waals surface area contributed by atoms with Gasteiger partial charge < -0.3 is 5.32 Å². The molecule has 1 N–H and O–H groups in total. The monoisotopic (exact) mass is 238 g/mol. The summed E-state index contributed by atoms with van der Waals surface area (Å²) in [5, 5.41) is 3.54. The van der Waals surface area contributed by atoms with Crippen molar-refractivity contribution in [1.82, 2.24) is 10.2 Å². The Bertz CT molecular complexity index is 219. The van der Waals surface area contributed by atoms with Crippen LogP contribution in [0.2, 0.25) is 0 Å². The van der Waals surface area contributed by atoms with E-state index in [0.717, 1.165) is 19.1 Å². The average Bonchev–Trinajstić information content (AvgIpc) is 3.09. The summed E-state index contributed by atoms with van der Waals surface area (Å²) in [5.41, 5.74) is 1.34. The van der Waals surface area contributed by atoms with Crippen LogP contribution in [0.4, 0.5) is 0 Å². The maximum atomic E-state index is 4.20. The summed E-state index contributed by atoms with van der Waals surface area (Å²) >= 11 is 0. The highest BCUT2D eigenvalue weighted by Gasteiger charge is 2.20. The summed E-state index contributed by atoms with van der Waals surface area (Å²) in [5.74, 6) is 0. The van der Waals surface area contributed by atoms with Gasteiger partial charge in [-0.15, -0.1) is 0 Å². The van der Waals surface area contributed by atoms with E-state index >= 15 is 0 Å². The van der Waals surface area contributed by atoms with E-state index in [1.165, 1.54) is 44.2 Å². The smallest absolute Gasteiger partial charge is 0.0205 e. The first-order valence-electron chi connectivity index (χ1n) is 7.27. The Morgan fingerprint density at radius 1 is 1.35 bits per heavy atom. The average molecular weight is 238 g/mol. The summed E-state index contributed by atoms with van der Waals surface area (Å²) in [7, 11) is 0. The standard InChI is InChI=1S/C15H30N2/c1-5-6-7-10-17(13(2)3)12-14(4)11-16-15-8-9-15/h13,15-16H,4-12H2,1-3H3. The first kappa shape index (κ1) is 14.7. The molecule has 17 heavy (non-hydrogen) atoms. The van der Waals surface area contributed by atoms with Crippen molar-refractivity contribution >= 4 is 0 Å². The minimum atomic E-state index is 0.629. The molecule has 100 valence electrons. The van der Waals surface area contributed by atoms with E-state index < -0.39 is 0 Å². The molecule has 1 aliphatic carbocycles. The fraction of sp³-hybridized carbons (Fsp3) is 0.867. The highest BCUT2D eigenvalue weighted by Crippen LogP contribution is 2.18. The molecule has 0 radical (unpaired) electrons. The van der Waals surface area contributed by atoms with E-state index in [9.17, 15) is 0 Å². The quantitative estimate of drug-likeness (QED) is 0.464. The van der Waals surface area contributed by atoms with Crippen LogP contribution in [0.15, 0.2) is 12.2 Å². The maximum absolute atomic E-state index is 4.20. The van der Waals surface area contributed by atoms with Crippen LogP contribution < -0.4 is 5.32 Å². The summed E-state index contributed by atoms with van der Waals surface area (Å²) in [6.45, 7) is 14.3. The van der Waals surface area contributed by atoms with Crippen molar-refractivity contribution in [3.05, 3.63) is 12.2 Å². The Morgan fingerprint density at radius 2 is 2.06 bits per heavy atom. The third-order valence-electron chi connectivity index (χ3n) is 3.42.